The minimum absolute atomic E-state index is 0.113. The second-order valence-electron chi connectivity index (χ2n) is 7.01. The van der Waals surface area contributed by atoms with Crippen LogP contribution in [0.25, 0.3) is 0 Å². The lowest BCUT2D eigenvalue weighted by Gasteiger charge is -2.18. The summed E-state index contributed by atoms with van der Waals surface area (Å²) in [6.07, 6.45) is 0. The van der Waals surface area contributed by atoms with Crippen LogP contribution < -0.4 is 15.4 Å². The summed E-state index contributed by atoms with van der Waals surface area (Å²) in [4.78, 5) is 24.9. The van der Waals surface area contributed by atoms with E-state index in [1.54, 1.807) is 45.2 Å². The Morgan fingerprint density at radius 3 is 2.43 bits per heavy atom. The van der Waals surface area contributed by atoms with Gasteiger partial charge in [-0.05, 0) is 36.4 Å². The number of thioether (sulfide) groups is 1. The highest BCUT2D eigenvalue weighted by molar-refractivity contribution is 8.01. The van der Waals surface area contributed by atoms with Crippen LogP contribution in [0.4, 0.5) is 10.8 Å². The highest BCUT2D eigenvalue weighted by atomic mass is 32.2. The van der Waals surface area contributed by atoms with Crippen LogP contribution >= 0.6 is 23.1 Å². The van der Waals surface area contributed by atoms with E-state index in [0.29, 0.717) is 28.9 Å². The Labute approximate surface area is 212 Å². The summed E-state index contributed by atoms with van der Waals surface area (Å²) in [5.41, 5.74) is 0.904. The smallest absolute Gasteiger partial charge is 0.257 e. The Balaban J connectivity index is 1.54. The van der Waals surface area contributed by atoms with Gasteiger partial charge in [0.25, 0.3) is 5.91 Å². The van der Waals surface area contributed by atoms with Gasteiger partial charge in [0.1, 0.15) is 5.75 Å². The second kappa shape index (κ2) is 12.1. The Bertz CT molecular complexity index is 1270. The first kappa shape index (κ1) is 26.6. The summed E-state index contributed by atoms with van der Waals surface area (Å²) in [6.45, 7) is 4.26. The molecule has 35 heavy (non-hydrogen) atoms. The predicted molar refractivity (Wildman–Crippen MR) is 137 cm³/mol. The van der Waals surface area contributed by atoms with Crippen molar-refractivity contribution in [1.29, 1.82) is 0 Å². The van der Waals surface area contributed by atoms with Gasteiger partial charge in [-0.2, -0.15) is 4.31 Å². The number of rotatable bonds is 11. The zero-order chi connectivity index (χ0) is 25.4. The third-order valence-corrected chi connectivity index (χ3v) is 8.80. The van der Waals surface area contributed by atoms with Crippen molar-refractivity contribution in [3.63, 3.8) is 0 Å². The summed E-state index contributed by atoms with van der Waals surface area (Å²) < 4.78 is 32.2. The van der Waals surface area contributed by atoms with Crippen LogP contribution in [-0.2, 0) is 14.8 Å². The monoisotopic (exact) mass is 535 g/mol. The molecular weight excluding hydrogens is 510 g/mol. The minimum atomic E-state index is -3.60. The van der Waals surface area contributed by atoms with Crippen molar-refractivity contribution >= 4 is 55.8 Å². The number of methoxy groups -OCH3 is 1. The fraction of sp³-hybridized carbons (Fsp3) is 0.273. The van der Waals surface area contributed by atoms with Gasteiger partial charge in [-0.1, -0.05) is 43.0 Å². The summed E-state index contributed by atoms with van der Waals surface area (Å²) in [5, 5.41) is 13.6. The Morgan fingerprint density at radius 1 is 1.06 bits per heavy atom. The molecule has 0 radical (unpaired) electrons. The van der Waals surface area contributed by atoms with Crippen LogP contribution in [0.3, 0.4) is 0 Å². The van der Waals surface area contributed by atoms with E-state index in [-0.39, 0.29) is 27.3 Å². The summed E-state index contributed by atoms with van der Waals surface area (Å²) in [5.74, 6) is 0.0894. The van der Waals surface area contributed by atoms with E-state index in [9.17, 15) is 18.0 Å². The van der Waals surface area contributed by atoms with Gasteiger partial charge in [-0.25, -0.2) is 8.42 Å². The van der Waals surface area contributed by atoms with Gasteiger partial charge in [-0.3, -0.25) is 14.9 Å². The number of carbonyl (C=O) groups excluding carboxylic acids is 2. The van der Waals surface area contributed by atoms with Crippen LogP contribution in [0.15, 0.2) is 57.8 Å². The Morgan fingerprint density at radius 2 is 1.77 bits per heavy atom. The maximum Gasteiger partial charge on any atom is 0.257 e. The molecule has 0 bridgehead atoms. The molecule has 3 aromatic rings. The van der Waals surface area contributed by atoms with Gasteiger partial charge in [0.15, 0.2) is 4.34 Å². The number of ether oxygens (including phenoxy) is 1. The molecule has 0 aliphatic carbocycles. The van der Waals surface area contributed by atoms with E-state index in [2.05, 4.69) is 20.8 Å². The molecule has 0 saturated carbocycles. The number of aromatic nitrogens is 2. The molecule has 0 fully saturated rings. The quantitative estimate of drug-likeness (QED) is 0.282. The summed E-state index contributed by atoms with van der Waals surface area (Å²) in [7, 11) is -2.05. The van der Waals surface area contributed by atoms with Crippen molar-refractivity contribution in [2.75, 3.05) is 36.6 Å². The highest BCUT2D eigenvalue weighted by Crippen LogP contribution is 2.26. The van der Waals surface area contributed by atoms with Crippen LogP contribution in [0.1, 0.15) is 24.2 Å². The van der Waals surface area contributed by atoms with Crippen LogP contribution in [0, 0.1) is 0 Å². The van der Waals surface area contributed by atoms with E-state index >= 15 is 0 Å². The third kappa shape index (κ3) is 7.01. The molecule has 0 unspecified atom stereocenters. The number of sulfonamides is 1. The first-order valence-electron chi connectivity index (χ1n) is 10.6. The second-order valence-corrected chi connectivity index (χ2v) is 11.1. The lowest BCUT2D eigenvalue weighted by molar-refractivity contribution is -0.113. The zero-order valence-corrected chi connectivity index (χ0v) is 21.8. The van der Waals surface area contributed by atoms with Gasteiger partial charge in [0.2, 0.25) is 21.1 Å². The SMILES string of the molecule is CCN(CC)S(=O)(=O)c1ccc(C(=O)Nc2nnc(SCC(=O)Nc3cccc(OC)c3)s2)cc1. The first-order valence-corrected chi connectivity index (χ1v) is 13.8. The number of hydrogen-bond acceptors (Lipinski definition) is 9. The van der Waals surface area contributed by atoms with Crippen molar-refractivity contribution in [3.8, 4) is 5.75 Å². The van der Waals surface area contributed by atoms with Crippen molar-refractivity contribution in [2.45, 2.75) is 23.1 Å². The first-order chi connectivity index (χ1) is 16.8. The summed E-state index contributed by atoms with van der Waals surface area (Å²) >= 11 is 2.33. The van der Waals surface area contributed by atoms with Crippen molar-refractivity contribution in [1.82, 2.24) is 14.5 Å². The number of nitrogens with zero attached hydrogens (tertiary/aromatic N) is 3. The Hall–Kier alpha value is -3.00. The maximum absolute atomic E-state index is 12.6. The topological polar surface area (TPSA) is 131 Å². The maximum atomic E-state index is 12.6. The normalized spacial score (nSPS) is 11.3. The zero-order valence-electron chi connectivity index (χ0n) is 19.3. The molecule has 10 nitrogen and oxygen atoms in total. The van der Waals surface area contributed by atoms with Gasteiger partial charge in [0, 0.05) is 30.4 Å². The van der Waals surface area contributed by atoms with E-state index in [1.165, 1.54) is 40.3 Å². The number of hydrogen-bond donors (Lipinski definition) is 2. The average Bonchev–Trinajstić information content (AvgIpc) is 3.30. The lowest BCUT2D eigenvalue weighted by atomic mass is 10.2. The fourth-order valence-electron chi connectivity index (χ4n) is 3.00. The number of nitrogens with one attached hydrogen (secondary N) is 2. The van der Waals surface area contributed by atoms with Crippen LogP contribution in [0.2, 0.25) is 0 Å². The average molecular weight is 536 g/mol. The van der Waals surface area contributed by atoms with E-state index in [1.807, 2.05) is 0 Å². The molecule has 2 aromatic carbocycles. The number of carbonyl (C=O) groups is 2. The molecule has 3 rings (SSSR count). The van der Waals surface area contributed by atoms with Crippen LogP contribution in [-0.4, -0.2) is 60.7 Å². The van der Waals surface area contributed by atoms with E-state index < -0.39 is 15.9 Å². The molecule has 2 amide bonds. The number of anilines is 2. The standard InChI is InChI=1S/C22H25N5O5S3/c1-4-27(5-2)35(30,31)18-11-9-15(10-12-18)20(29)24-21-25-26-22(34-21)33-14-19(28)23-16-7-6-8-17(13-16)32-3/h6-13H,4-5,14H2,1-3H3,(H,23,28)(H,24,25,29). The van der Waals surface area contributed by atoms with Gasteiger partial charge in [-0.15, -0.1) is 10.2 Å². The van der Waals surface area contributed by atoms with Gasteiger partial charge in [0.05, 0.1) is 17.8 Å². The molecule has 2 N–H and O–H groups in total. The van der Waals surface area contributed by atoms with Crippen molar-refractivity contribution in [3.05, 3.63) is 54.1 Å². The van der Waals surface area contributed by atoms with Crippen molar-refractivity contribution in [2.24, 2.45) is 0 Å². The van der Waals surface area contributed by atoms with Crippen molar-refractivity contribution < 1.29 is 22.7 Å². The third-order valence-electron chi connectivity index (χ3n) is 4.77. The Kier molecular flexibility index (Phi) is 9.20. The molecule has 13 heteroatoms. The molecule has 0 spiro atoms. The molecule has 186 valence electrons. The van der Waals surface area contributed by atoms with Gasteiger partial charge < -0.3 is 10.1 Å². The van der Waals surface area contributed by atoms with E-state index in [0.717, 1.165) is 11.3 Å². The molecule has 1 heterocycles. The van der Waals surface area contributed by atoms with E-state index in [4.69, 9.17) is 4.74 Å². The molecule has 0 aliphatic heterocycles. The van der Waals surface area contributed by atoms with Gasteiger partial charge >= 0.3 is 0 Å². The molecule has 1 aromatic heterocycles. The largest absolute Gasteiger partial charge is 0.497 e. The fourth-order valence-corrected chi connectivity index (χ4v) is 6.01. The molecule has 0 aliphatic rings. The van der Waals surface area contributed by atoms with Crippen LogP contribution in [0.5, 0.6) is 5.75 Å². The molecule has 0 saturated heterocycles. The molecular formula is C22H25N5O5S3. The predicted octanol–water partition coefficient (Wildman–Crippen LogP) is 3.56. The summed E-state index contributed by atoms with van der Waals surface area (Å²) in [6, 6.07) is 12.7. The minimum Gasteiger partial charge on any atom is -0.497 e. The number of amides is 2. The lowest BCUT2D eigenvalue weighted by Crippen LogP contribution is -2.30. The highest BCUT2D eigenvalue weighted by Gasteiger charge is 2.22. The molecule has 0 atom stereocenters. The number of benzene rings is 2.